The van der Waals surface area contributed by atoms with E-state index in [1.54, 1.807) is 6.07 Å². The lowest BCUT2D eigenvalue weighted by Crippen LogP contribution is -2.34. The molecular formula is C12H21N5O3S. The molecule has 0 aromatic carbocycles. The summed E-state index contributed by atoms with van der Waals surface area (Å²) in [6.45, 7) is 3.85. The van der Waals surface area contributed by atoms with Crippen LogP contribution in [0.2, 0.25) is 0 Å². The lowest BCUT2D eigenvalue weighted by atomic mass is 10.1. The Morgan fingerprint density at radius 1 is 1.38 bits per heavy atom. The van der Waals surface area contributed by atoms with E-state index in [1.165, 1.54) is 14.1 Å². The molecule has 8 nitrogen and oxygen atoms in total. The van der Waals surface area contributed by atoms with Crippen molar-refractivity contribution in [3.8, 4) is 0 Å². The maximum Gasteiger partial charge on any atom is 0.270 e. The second-order valence-electron chi connectivity index (χ2n) is 5.05. The summed E-state index contributed by atoms with van der Waals surface area (Å²) in [6.07, 6.45) is 0. The summed E-state index contributed by atoms with van der Waals surface area (Å²) in [5.41, 5.74) is 6.36. The third-order valence-electron chi connectivity index (χ3n) is 2.79. The van der Waals surface area contributed by atoms with Crippen molar-refractivity contribution in [2.45, 2.75) is 19.8 Å². The Morgan fingerprint density at radius 2 is 2.00 bits per heavy atom. The molecule has 0 aliphatic heterocycles. The monoisotopic (exact) mass is 315 g/mol. The summed E-state index contributed by atoms with van der Waals surface area (Å²) in [6, 6.07) is 1.55. The van der Waals surface area contributed by atoms with E-state index < -0.39 is 15.9 Å². The lowest BCUT2D eigenvalue weighted by molar-refractivity contribution is 0.0951. The summed E-state index contributed by atoms with van der Waals surface area (Å²) in [7, 11) is -0.461. The second kappa shape index (κ2) is 6.81. The molecule has 0 spiro atoms. The van der Waals surface area contributed by atoms with Crippen molar-refractivity contribution in [1.82, 2.24) is 19.6 Å². The topological polar surface area (TPSA) is 118 Å². The number of aromatic nitrogens is 2. The van der Waals surface area contributed by atoms with Gasteiger partial charge < -0.3 is 11.1 Å². The molecule has 0 saturated heterocycles. The third-order valence-corrected chi connectivity index (χ3v) is 4.62. The van der Waals surface area contributed by atoms with Crippen LogP contribution in [-0.2, 0) is 10.0 Å². The molecule has 0 atom stereocenters. The van der Waals surface area contributed by atoms with Crippen LogP contribution in [0, 0.1) is 0 Å². The molecule has 9 heteroatoms. The molecular weight excluding hydrogens is 294 g/mol. The van der Waals surface area contributed by atoms with E-state index in [1.807, 2.05) is 13.8 Å². The summed E-state index contributed by atoms with van der Waals surface area (Å²) >= 11 is 0. The molecule has 0 fully saturated rings. The van der Waals surface area contributed by atoms with Crippen molar-refractivity contribution in [2.24, 2.45) is 0 Å². The van der Waals surface area contributed by atoms with Gasteiger partial charge in [-0.05, 0) is 12.0 Å². The van der Waals surface area contributed by atoms with Crippen LogP contribution in [0.1, 0.15) is 35.9 Å². The fourth-order valence-electron chi connectivity index (χ4n) is 1.46. The molecule has 1 aromatic heterocycles. The predicted octanol–water partition coefficient (Wildman–Crippen LogP) is -0.197. The predicted molar refractivity (Wildman–Crippen MR) is 80.3 cm³/mol. The van der Waals surface area contributed by atoms with Crippen LogP contribution in [0.3, 0.4) is 0 Å². The Morgan fingerprint density at radius 3 is 2.52 bits per heavy atom. The van der Waals surface area contributed by atoms with E-state index in [0.29, 0.717) is 5.69 Å². The van der Waals surface area contributed by atoms with E-state index in [2.05, 4.69) is 15.3 Å². The Balaban J connectivity index is 2.73. The highest BCUT2D eigenvalue weighted by molar-refractivity contribution is 7.89. The van der Waals surface area contributed by atoms with E-state index >= 15 is 0 Å². The zero-order chi connectivity index (χ0) is 16.2. The zero-order valence-electron chi connectivity index (χ0n) is 12.6. The number of hydrogen-bond acceptors (Lipinski definition) is 6. The molecule has 118 valence electrons. The van der Waals surface area contributed by atoms with Gasteiger partial charge in [-0.25, -0.2) is 22.7 Å². The summed E-state index contributed by atoms with van der Waals surface area (Å²) in [5.74, 6) is -0.522. The van der Waals surface area contributed by atoms with Gasteiger partial charge in [-0.15, -0.1) is 0 Å². The first-order chi connectivity index (χ1) is 9.63. The summed E-state index contributed by atoms with van der Waals surface area (Å²) < 4.78 is 24.3. The molecule has 0 unspecified atom stereocenters. The first kappa shape index (κ1) is 17.3. The van der Waals surface area contributed by atoms with Crippen molar-refractivity contribution in [2.75, 3.05) is 32.1 Å². The number of sulfonamides is 1. The normalized spacial score (nSPS) is 11.9. The van der Waals surface area contributed by atoms with Gasteiger partial charge in [-0.2, -0.15) is 0 Å². The van der Waals surface area contributed by atoms with Gasteiger partial charge in [0.15, 0.2) is 0 Å². The quantitative estimate of drug-likeness (QED) is 0.750. The summed E-state index contributed by atoms with van der Waals surface area (Å²) in [4.78, 5) is 19.9. The number of rotatable bonds is 6. The maximum absolute atomic E-state index is 12.0. The van der Waals surface area contributed by atoms with Gasteiger partial charge in [0, 0.05) is 26.3 Å². The standard InChI is InChI=1S/C12H21N5O3S/c1-8(2)9-7-10(16-12(13)15-9)11(18)14-5-6-21(19,20)17(3)4/h7-8H,5-6H2,1-4H3,(H,14,18)(H2,13,15,16). The molecule has 1 amide bonds. The number of amides is 1. The van der Waals surface area contributed by atoms with Crippen LogP contribution in [0.5, 0.6) is 0 Å². The molecule has 0 saturated carbocycles. The maximum atomic E-state index is 12.0. The van der Waals surface area contributed by atoms with Crippen LogP contribution >= 0.6 is 0 Å². The Hall–Kier alpha value is -1.74. The number of hydrogen-bond donors (Lipinski definition) is 2. The number of nitrogen functional groups attached to an aromatic ring is 1. The molecule has 3 N–H and O–H groups in total. The molecule has 0 aliphatic rings. The average Bonchev–Trinajstić information content (AvgIpc) is 2.37. The highest BCUT2D eigenvalue weighted by Gasteiger charge is 2.16. The number of nitrogens with one attached hydrogen (secondary N) is 1. The van der Waals surface area contributed by atoms with Crippen molar-refractivity contribution < 1.29 is 13.2 Å². The number of carbonyl (C=O) groups excluding carboxylic acids is 1. The Bertz CT molecular complexity index is 613. The van der Waals surface area contributed by atoms with Gasteiger partial charge in [0.1, 0.15) is 5.69 Å². The molecule has 1 aromatic rings. The third kappa shape index (κ3) is 4.94. The average molecular weight is 315 g/mol. The fourth-order valence-corrected chi connectivity index (χ4v) is 2.19. The van der Waals surface area contributed by atoms with Crippen LogP contribution in [0.15, 0.2) is 6.07 Å². The first-order valence-corrected chi connectivity index (χ1v) is 8.07. The lowest BCUT2D eigenvalue weighted by Gasteiger charge is -2.12. The first-order valence-electron chi connectivity index (χ1n) is 6.46. The molecule has 0 aliphatic carbocycles. The molecule has 1 heterocycles. The molecule has 0 radical (unpaired) electrons. The van der Waals surface area contributed by atoms with Crippen molar-refractivity contribution >= 4 is 21.9 Å². The van der Waals surface area contributed by atoms with Crippen molar-refractivity contribution in [3.05, 3.63) is 17.5 Å². The van der Waals surface area contributed by atoms with Crippen LogP contribution < -0.4 is 11.1 Å². The van der Waals surface area contributed by atoms with E-state index in [0.717, 1.165) is 4.31 Å². The highest BCUT2D eigenvalue weighted by atomic mass is 32.2. The largest absolute Gasteiger partial charge is 0.368 e. The van der Waals surface area contributed by atoms with Gasteiger partial charge in [-0.1, -0.05) is 13.8 Å². The number of anilines is 1. The van der Waals surface area contributed by atoms with Crippen LogP contribution in [0.4, 0.5) is 5.95 Å². The van der Waals surface area contributed by atoms with Gasteiger partial charge in [0.25, 0.3) is 5.91 Å². The molecule has 0 bridgehead atoms. The summed E-state index contributed by atoms with van der Waals surface area (Å²) in [5, 5.41) is 2.51. The van der Waals surface area contributed by atoms with Gasteiger partial charge >= 0.3 is 0 Å². The minimum Gasteiger partial charge on any atom is -0.368 e. The van der Waals surface area contributed by atoms with E-state index in [9.17, 15) is 13.2 Å². The number of nitrogens with two attached hydrogens (primary N) is 1. The smallest absolute Gasteiger partial charge is 0.270 e. The molecule has 1 rings (SSSR count). The zero-order valence-corrected chi connectivity index (χ0v) is 13.4. The van der Waals surface area contributed by atoms with Gasteiger partial charge in [-0.3, -0.25) is 4.79 Å². The minimum absolute atomic E-state index is 0.000264. The Kier molecular flexibility index (Phi) is 5.62. The minimum atomic E-state index is -3.34. The van der Waals surface area contributed by atoms with Crippen molar-refractivity contribution in [1.29, 1.82) is 0 Å². The highest BCUT2D eigenvalue weighted by Crippen LogP contribution is 2.13. The molecule has 21 heavy (non-hydrogen) atoms. The number of carbonyl (C=O) groups is 1. The van der Waals surface area contributed by atoms with Crippen LogP contribution in [-0.4, -0.2) is 55.0 Å². The Labute approximate surface area is 124 Å². The van der Waals surface area contributed by atoms with E-state index in [4.69, 9.17) is 5.73 Å². The van der Waals surface area contributed by atoms with E-state index in [-0.39, 0.29) is 29.9 Å². The SMILES string of the molecule is CC(C)c1cc(C(=O)NCCS(=O)(=O)N(C)C)nc(N)n1. The van der Waals surface area contributed by atoms with Crippen molar-refractivity contribution in [3.63, 3.8) is 0 Å². The van der Waals surface area contributed by atoms with Gasteiger partial charge in [0.05, 0.1) is 5.75 Å². The fraction of sp³-hybridized carbons (Fsp3) is 0.583. The second-order valence-corrected chi connectivity index (χ2v) is 7.35. The van der Waals surface area contributed by atoms with Crippen LogP contribution in [0.25, 0.3) is 0 Å². The van der Waals surface area contributed by atoms with Gasteiger partial charge in [0.2, 0.25) is 16.0 Å². The number of nitrogens with zero attached hydrogens (tertiary/aromatic N) is 3.